The molecule has 1 atom stereocenters. The molecule has 0 aromatic heterocycles. The van der Waals surface area contributed by atoms with E-state index in [-0.39, 0.29) is 17.8 Å². The second-order valence-corrected chi connectivity index (χ2v) is 6.18. The molecule has 1 fully saturated rings. The molecule has 1 amide bonds. The van der Waals surface area contributed by atoms with E-state index in [0.717, 1.165) is 13.0 Å². The average molecular weight is 355 g/mol. The van der Waals surface area contributed by atoms with E-state index in [1.807, 2.05) is 11.8 Å². The summed E-state index contributed by atoms with van der Waals surface area (Å²) in [5, 5.41) is 6.91. The number of benzene rings is 1. The first-order valence-corrected chi connectivity index (χ1v) is 8.60. The van der Waals surface area contributed by atoms with E-state index in [1.165, 1.54) is 6.07 Å². The zero-order valence-electron chi connectivity index (χ0n) is 14.1. The number of hydrogen-bond donors (Lipinski definition) is 2. The van der Waals surface area contributed by atoms with Crippen LogP contribution in [0.1, 0.15) is 25.3 Å². The summed E-state index contributed by atoms with van der Waals surface area (Å²) in [6.07, 6.45) is 1.89. The van der Waals surface area contributed by atoms with Crippen molar-refractivity contribution in [3.05, 3.63) is 34.6 Å². The van der Waals surface area contributed by atoms with Crippen LogP contribution in [-0.2, 0) is 11.2 Å². The maximum atomic E-state index is 13.7. The van der Waals surface area contributed by atoms with E-state index in [2.05, 4.69) is 15.6 Å². The van der Waals surface area contributed by atoms with E-state index in [1.54, 1.807) is 19.2 Å². The minimum Gasteiger partial charge on any atom is -0.356 e. The van der Waals surface area contributed by atoms with Gasteiger partial charge in [0.1, 0.15) is 5.82 Å². The normalized spacial score (nSPS) is 17.9. The first kappa shape index (κ1) is 18.5. The van der Waals surface area contributed by atoms with Gasteiger partial charge < -0.3 is 15.5 Å². The van der Waals surface area contributed by atoms with Gasteiger partial charge in [0, 0.05) is 49.7 Å². The SMILES string of the molecule is CCC(=O)N1CCC(NC(=NC)NCCc2c(F)cccc2Cl)C1. The molecule has 0 bridgehead atoms. The molecule has 1 saturated heterocycles. The van der Waals surface area contributed by atoms with Crippen LogP contribution in [0.3, 0.4) is 0 Å². The Hall–Kier alpha value is -1.82. The average Bonchev–Trinajstić information content (AvgIpc) is 3.04. The highest BCUT2D eigenvalue weighted by molar-refractivity contribution is 6.31. The minimum absolute atomic E-state index is 0.177. The van der Waals surface area contributed by atoms with Crippen LogP contribution >= 0.6 is 11.6 Å². The van der Waals surface area contributed by atoms with Crippen molar-refractivity contribution in [3.8, 4) is 0 Å². The van der Waals surface area contributed by atoms with Crippen molar-refractivity contribution < 1.29 is 9.18 Å². The highest BCUT2D eigenvalue weighted by Gasteiger charge is 2.25. The Morgan fingerprint density at radius 2 is 2.29 bits per heavy atom. The van der Waals surface area contributed by atoms with Crippen molar-refractivity contribution in [3.63, 3.8) is 0 Å². The maximum Gasteiger partial charge on any atom is 0.222 e. The van der Waals surface area contributed by atoms with Gasteiger partial charge in [-0.2, -0.15) is 0 Å². The Balaban J connectivity index is 1.80. The lowest BCUT2D eigenvalue weighted by atomic mass is 10.1. The predicted molar refractivity (Wildman–Crippen MR) is 94.9 cm³/mol. The molecule has 1 aromatic rings. The largest absolute Gasteiger partial charge is 0.356 e. The highest BCUT2D eigenvalue weighted by Crippen LogP contribution is 2.19. The Bertz CT molecular complexity index is 588. The summed E-state index contributed by atoms with van der Waals surface area (Å²) in [6, 6.07) is 4.87. The summed E-state index contributed by atoms with van der Waals surface area (Å²) >= 11 is 6.02. The third kappa shape index (κ3) is 4.84. The van der Waals surface area contributed by atoms with Crippen LogP contribution in [0.2, 0.25) is 5.02 Å². The Labute approximate surface area is 147 Å². The molecule has 5 nitrogen and oxygen atoms in total. The summed E-state index contributed by atoms with van der Waals surface area (Å²) in [7, 11) is 1.69. The summed E-state index contributed by atoms with van der Waals surface area (Å²) < 4.78 is 13.7. The number of nitrogens with zero attached hydrogens (tertiary/aromatic N) is 2. The van der Waals surface area contributed by atoms with Gasteiger partial charge in [0.2, 0.25) is 5.91 Å². The molecule has 1 aliphatic rings. The number of guanidine groups is 1. The van der Waals surface area contributed by atoms with Gasteiger partial charge in [0.15, 0.2) is 5.96 Å². The molecule has 0 saturated carbocycles. The predicted octanol–water partition coefficient (Wildman–Crippen LogP) is 2.20. The van der Waals surface area contributed by atoms with Crippen LogP contribution in [-0.4, -0.2) is 49.5 Å². The van der Waals surface area contributed by atoms with Crippen LogP contribution in [0.25, 0.3) is 0 Å². The van der Waals surface area contributed by atoms with Gasteiger partial charge in [-0.3, -0.25) is 9.79 Å². The Morgan fingerprint density at radius 3 is 2.96 bits per heavy atom. The molecule has 2 N–H and O–H groups in total. The van der Waals surface area contributed by atoms with Crippen LogP contribution in [0.15, 0.2) is 23.2 Å². The zero-order valence-corrected chi connectivity index (χ0v) is 14.9. The third-order valence-electron chi connectivity index (χ3n) is 4.14. The number of carbonyl (C=O) groups is 1. The number of likely N-dealkylation sites (tertiary alicyclic amines) is 1. The van der Waals surface area contributed by atoms with Crippen LogP contribution in [0, 0.1) is 5.82 Å². The quantitative estimate of drug-likeness (QED) is 0.629. The van der Waals surface area contributed by atoms with Gasteiger partial charge in [-0.15, -0.1) is 0 Å². The molecule has 132 valence electrons. The number of hydrogen-bond acceptors (Lipinski definition) is 2. The summed E-state index contributed by atoms with van der Waals surface area (Å²) in [6.45, 7) is 3.85. The number of nitrogens with one attached hydrogen (secondary N) is 2. The molecule has 2 rings (SSSR count). The van der Waals surface area contributed by atoms with Crippen molar-refractivity contribution >= 4 is 23.5 Å². The lowest BCUT2D eigenvalue weighted by molar-refractivity contribution is -0.129. The number of amides is 1. The molecule has 1 unspecified atom stereocenters. The molecule has 0 aliphatic carbocycles. The van der Waals surface area contributed by atoms with Crippen LogP contribution in [0.5, 0.6) is 0 Å². The third-order valence-corrected chi connectivity index (χ3v) is 4.49. The molecule has 1 aromatic carbocycles. The topological polar surface area (TPSA) is 56.7 Å². The number of carbonyl (C=O) groups excluding carboxylic acids is 1. The first-order valence-electron chi connectivity index (χ1n) is 8.23. The van der Waals surface area contributed by atoms with Gasteiger partial charge in [-0.1, -0.05) is 24.6 Å². The van der Waals surface area contributed by atoms with E-state index >= 15 is 0 Å². The van der Waals surface area contributed by atoms with Gasteiger partial charge in [0.05, 0.1) is 0 Å². The number of rotatable bonds is 5. The van der Waals surface area contributed by atoms with E-state index in [4.69, 9.17) is 11.6 Å². The van der Waals surface area contributed by atoms with Crippen molar-refractivity contribution in [1.29, 1.82) is 0 Å². The van der Waals surface area contributed by atoms with E-state index < -0.39 is 0 Å². The fourth-order valence-electron chi connectivity index (χ4n) is 2.79. The van der Waals surface area contributed by atoms with Crippen molar-refractivity contribution in [2.45, 2.75) is 32.2 Å². The van der Waals surface area contributed by atoms with Crippen molar-refractivity contribution in [2.24, 2.45) is 4.99 Å². The molecular formula is C17H24ClFN4O. The summed E-state index contributed by atoms with van der Waals surface area (Å²) in [5.74, 6) is 0.534. The second kappa shape index (κ2) is 8.87. The molecular weight excluding hydrogens is 331 g/mol. The van der Waals surface area contributed by atoms with Gasteiger partial charge in [-0.25, -0.2) is 4.39 Å². The van der Waals surface area contributed by atoms with Crippen LogP contribution in [0.4, 0.5) is 4.39 Å². The summed E-state index contributed by atoms with van der Waals surface area (Å²) in [5.41, 5.74) is 0.503. The molecule has 0 radical (unpaired) electrons. The standard InChI is InChI=1S/C17H24ClFN4O/c1-3-16(24)23-10-8-12(11-23)22-17(20-2)21-9-7-13-14(18)5-4-6-15(13)19/h4-6,12H,3,7-11H2,1-2H3,(H2,20,21,22). The molecule has 7 heteroatoms. The Morgan fingerprint density at radius 1 is 1.50 bits per heavy atom. The van der Waals surface area contributed by atoms with Gasteiger partial charge >= 0.3 is 0 Å². The maximum absolute atomic E-state index is 13.7. The van der Waals surface area contributed by atoms with Crippen molar-refractivity contribution in [1.82, 2.24) is 15.5 Å². The molecule has 1 aliphatic heterocycles. The number of aliphatic imine (C=N–C) groups is 1. The molecule has 0 spiro atoms. The molecule has 24 heavy (non-hydrogen) atoms. The van der Waals surface area contributed by atoms with Crippen molar-refractivity contribution in [2.75, 3.05) is 26.7 Å². The Kier molecular flexibility index (Phi) is 6.85. The monoisotopic (exact) mass is 354 g/mol. The van der Waals surface area contributed by atoms with E-state index in [0.29, 0.717) is 42.5 Å². The fourth-order valence-corrected chi connectivity index (χ4v) is 3.05. The second-order valence-electron chi connectivity index (χ2n) is 5.77. The summed E-state index contributed by atoms with van der Waals surface area (Å²) in [4.78, 5) is 17.8. The van der Waals surface area contributed by atoms with Crippen LogP contribution < -0.4 is 10.6 Å². The highest BCUT2D eigenvalue weighted by atomic mass is 35.5. The van der Waals surface area contributed by atoms with Gasteiger partial charge in [-0.05, 0) is 25.0 Å². The lowest BCUT2D eigenvalue weighted by Gasteiger charge is -2.19. The first-order chi connectivity index (χ1) is 11.5. The minimum atomic E-state index is -0.295. The molecule has 1 heterocycles. The smallest absolute Gasteiger partial charge is 0.222 e. The van der Waals surface area contributed by atoms with Gasteiger partial charge in [0.25, 0.3) is 0 Å². The van der Waals surface area contributed by atoms with E-state index in [9.17, 15) is 9.18 Å². The lowest BCUT2D eigenvalue weighted by Crippen LogP contribution is -2.45. The fraction of sp³-hybridized carbons (Fsp3) is 0.529. The number of halogens is 2. The zero-order chi connectivity index (χ0) is 17.5.